The third kappa shape index (κ3) is 2.45. The Balaban J connectivity index is 1.71. The van der Waals surface area contributed by atoms with E-state index in [0.29, 0.717) is 18.5 Å². The van der Waals surface area contributed by atoms with Crippen molar-refractivity contribution in [3.8, 4) is 0 Å². The molecule has 4 rings (SSSR count). The largest absolute Gasteiger partial charge is 0.374 e. The fraction of sp³-hybridized carbons (Fsp3) is 0.444. The highest BCUT2D eigenvalue weighted by molar-refractivity contribution is 5.97. The predicted molar refractivity (Wildman–Crippen MR) is 87.6 cm³/mol. The standard InChI is InChI=1S/C18H20N2O3/c21-17-12-5-1-2-6-14(12)19-11-13(17)18(22)20-9-10-23-16-8-4-3-7-15(16)20/h1-2,5-6,11,15-16H,3-4,7-10H2,(H,19,21)/t15-,16+/m0/s1. The van der Waals surface area contributed by atoms with Crippen LogP contribution < -0.4 is 5.43 Å². The molecule has 0 radical (unpaired) electrons. The highest BCUT2D eigenvalue weighted by Crippen LogP contribution is 2.29. The molecule has 1 aliphatic heterocycles. The smallest absolute Gasteiger partial charge is 0.259 e. The fourth-order valence-corrected chi connectivity index (χ4v) is 3.83. The Hall–Kier alpha value is -2.14. The third-order valence-corrected chi connectivity index (χ3v) is 5.01. The van der Waals surface area contributed by atoms with Gasteiger partial charge in [0.15, 0.2) is 0 Å². The van der Waals surface area contributed by atoms with Gasteiger partial charge in [0.1, 0.15) is 5.56 Å². The highest BCUT2D eigenvalue weighted by Gasteiger charge is 2.37. The number of rotatable bonds is 1. The number of nitrogens with one attached hydrogen (secondary N) is 1. The lowest BCUT2D eigenvalue weighted by atomic mass is 9.89. The first-order valence-corrected chi connectivity index (χ1v) is 8.29. The number of carbonyl (C=O) groups is 1. The van der Waals surface area contributed by atoms with E-state index in [1.54, 1.807) is 12.3 Å². The number of H-pyrrole nitrogens is 1. The molecule has 0 spiro atoms. The average Bonchev–Trinajstić information content (AvgIpc) is 2.61. The normalized spacial score (nSPS) is 24.4. The third-order valence-electron chi connectivity index (χ3n) is 5.01. The van der Waals surface area contributed by atoms with Crippen LogP contribution >= 0.6 is 0 Å². The molecule has 1 saturated heterocycles. The lowest BCUT2D eigenvalue weighted by Gasteiger charge is -2.43. The van der Waals surface area contributed by atoms with Gasteiger partial charge in [-0.1, -0.05) is 25.0 Å². The molecule has 0 unspecified atom stereocenters. The summed E-state index contributed by atoms with van der Waals surface area (Å²) in [5, 5.41) is 0.562. The van der Waals surface area contributed by atoms with Crippen molar-refractivity contribution >= 4 is 16.8 Å². The predicted octanol–water partition coefficient (Wildman–Crippen LogP) is 2.31. The Morgan fingerprint density at radius 1 is 1.22 bits per heavy atom. The molecule has 5 nitrogen and oxygen atoms in total. The SMILES string of the molecule is O=C(c1c[nH]c2ccccc2c1=O)N1CCO[C@@H]2CCCC[C@@H]21. The zero-order chi connectivity index (χ0) is 15.8. The average molecular weight is 312 g/mol. The van der Waals surface area contributed by atoms with Crippen LogP contribution in [-0.4, -0.2) is 41.1 Å². The topological polar surface area (TPSA) is 62.4 Å². The van der Waals surface area contributed by atoms with Crippen LogP contribution in [0, 0.1) is 0 Å². The van der Waals surface area contributed by atoms with E-state index in [9.17, 15) is 9.59 Å². The van der Waals surface area contributed by atoms with Crippen molar-refractivity contribution < 1.29 is 9.53 Å². The molecule has 2 heterocycles. The van der Waals surface area contributed by atoms with Crippen molar-refractivity contribution in [1.29, 1.82) is 0 Å². The van der Waals surface area contributed by atoms with Crippen molar-refractivity contribution in [2.75, 3.05) is 13.2 Å². The van der Waals surface area contributed by atoms with E-state index in [0.717, 1.165) is 31.2 Å². The second-order valence-corrected chi connectivity index (χ2v) is 6.34. The van der Waals surface area contributed by atoms with Crippen LogP contribution in [-0.2, 0) is 4.74 Å². The van der Waals surface area contributed by atoms with Crippen molar-refractivity contribution in [3.05, 3.63) is 46.2 Å². The molecular weight excluding hydrogens is 292 g/mol. The van der Waals surface area contributed by atoms with Crippen LogP contribution in [0.1, 0.15) is 36.0 Å². The number of hydrogen-bond donors (Lipinski definition) is 1. The number of aromatic amines is 1. The molecule has 1 amide bonds. The summed E-state index contributed by atoms with van der Waals surface area (Å²) >= 11 is 0. The number of fused-ring (bicyclic) bond motifs is 2. The lowest BCUT2D eigenvalue weighted by Crippen LogP contribution is -2.55. The maximum absolute atomic E-state index is 13.0. The number of morpholine rings is 1. The molecule has 5 heteroatoms. The van der Waals surface area contributed by atoms with E-state index < -0.39 is 0 Å². The Bertz CT molecular complexity index is 796. The van der Waals surface area contributed by atoms with Gasteiger partial charge in [-0.2, -0.15) is 0 Å². The number of amides is 1. The summed E-state index contributed by atoms with van der Waals surface area (Å²) < 4.78 is 5.82. The van der Waals surface area contributed by atoms with E-state index in [2.05, 4.69) is 4.98 Å². The summed E-state index contributed by atoms with van der Waals surface area (Å²) in [5.74, 6) is -0.169. The minimum atomic E-state index is -0.191. The van der Waals surface area contributed by atoms with Crippen LogP contribution in [0.15, 0.2) is 35.3 Å². The quantitative estimate of drug-likeness (QED) is 0.879. The number of pyridine rings is 1. The Morgan fingerprint density at radius 3 is 2.96 bits per heavy atom. The Morgan fingerprint density at radius 2 is 2.04 bits per heavy atom. The van der Waals surface area contributed by atoms with E-state index >= 15 is 0 Å². The van der Waals surface area contributed by atoms with Crippen LogP contribution in [0.4, 0.5) is 0 Å². The number of aromatic nitrogens is 1. The summed E-state index contributed by atoms with van der Waals surface area (Å²) in [4.78, 5) is 30.6. The molecular formula is C18H20N2O3. The molecule has 1 aromatic carbocycles. The van der Waals surface area contributed by atoms with Gasteiger partial charge in [-0.3, -0.25) is 9.59 Å². The van der Waals surface area contributed by atoms with Crippen LogP contribution in [0.3, 0.4) is 0 Å². The van der Waals surface area contributed by atoms with E-state index in [1.807, 2.05) is 23.1 Å². The van der Waals surface area contributed by atoms with Gasteiger partial charge in [0, 0.05) is 23.6 Å². The minimum Gasteiger partial charge on any atom is -0.374 e. The van der Waals surface area contributed by atoms with Gasteiger partial charge in [-0.15, -0.1) is 0 Å². The summed E-state index contributed by atoms with van der Waals surface area (Å²) in [7, 11) is 0. The summed E-state index contributed by atoms with van der Waals surface area (Å²) in [6.07, 6.45) is 5.91. The molecule has 2 fully saturated rings. The second kappa shape index (κ2) is 5.81. The van der Waals surface area contributed by atoms with Crippen LogP contribution in [0.2, 0.25) is 0 Å². The van der Waals surface area contributed by atoms with Gasteiger partial charge in [0.05, 0.1) is 18.8 Å². The molecule has 1 aliphatic carbocycles. The second-order valence-electron chi connectivity index (χ2n) is 6.34. The van der Waals surface area contributed by atoms with Crippen molar-refractivity contribution in [2.45, 2.75) is 37.8 Å². The fourth-order valence-electron chi connectivity index (χ4n) is 3.83. The van der Waals surface area contributed by atoms with E-state index in [-0.39, 0.29) is 29.0 Å². The molecule has 23 heavy (non-hydrogen) atoms. The van der Waals surface area contributed by atoms with Gasteiger partial charge in [0.2, 0.25) is 5.43 Å². The van der Waals surface area contributed by atoms with Gasteiger partial charge < -0.3 is 14.6 Å². The molecule has 120 valence electrons. The number of benzene rings is 1. The molecule has 2 aromatic rings. The number of carbonyl (C=O) groups excluding carboxylic acids is 1. The van der Waals surface area contributed by atoms with Crippen molar-refractivity contribution in [2.24, 2.45) is 0 Å². The molecule has 1 N–H and O–H groups in total. The number of hydrogen-bond acceptors (Lipinski definition) is 3. The molecule has 1 saturated carbocycles. The van der Waals surface area contributed by atoms with Gasteiger partial charge in [0.25, 0.3) is 5.91 Å². The number of ether oxygens (including phenoxy) is 1. The molecule has 1 aromatic heterocycles. The van der Waals surface area contributed by atoms with Gasteiger partial charge in [-0.25, -0.2) is 0 Å². The van der Waals surface area contributed by atoms with Gasteiger partial charge >= 0.3 is 0 Å². The number of nitrogens with zero attached hydrogens (tertiary/aromatic N) is 1. The Labute approximate surface area is 134 Å². The highest BCUT2D eigenvalue weighted by atomic mass is 16.5. The maximum atomic E-state index is 13.0. The molecule has 2 aliphatic rings. The van der Waals surface area contributed by atoms with E-state index in [1.165, 1.54) is 0 Å². The van der Waals surface area contributed by atoms with Crippen LogP contribution in [0.25, 0.3) is 10.9 Å². The van der Waals surface area contributed by atoms with Crippen LogP contribution in [0.5, 0.6) is 0 Å². The maximum Gasteiger partial charge on any atom is 0.259 e. The first-order valence-electron chi connectivity index (χ1n) is 8.29. The van der Waals surface area contributed by atoms with E-state index in [4.69, 9.17) is 4.74 Å². The zero-order valence-electron chi connectivity index (χ0n) is 13.0. The Kier molecular flexibility index (Phi) is 3.65. The summed E-state index contributed by atoms with van der Waals surface area (Å²) in [6, 6.07) is 7.40. The monoisotopic (exact) mass is 312 g/mol. The summed E-state index contributed by atoms with van der Waals surface area (Å²) in [5.41, 5.74) is 0.796. The van der Waals surface area contributed by atoms with Crippen molar-refractivity contribution in [1.82, 2.24) is 9.88 Å². The first-order chi connectivity index (χ1) is 11.3. The van der Waals surface area contributed by atoms with Crippen molar-refractivity contribution in [3.63, 3.8) is 0 Å². The molecule has 0 bridgehead atoms. The minimum absolute atomic E-state index is 0.107. The summed E-state index contributed by atoms with van der Waals surface area (Å²) in [6.45, 7) is 1.12. The number of para-hydroxylation sites is 1. The molecule has 2 atom stereocenters. The zero-order valence-corrected chi connectivity index (χ0v) is 13.0. The first kappa shape index (κ1) is 14.5. The lowest BCUT2D eigenvalue weighted by molar-refractivity contribution is -0.0753. The van der Waals surface area contributed by atoms with Gasteiger partial charge in [-0.05, 0) is 25.0 Å².